The molecule has 0 bridgehead atoms. The molecule has 0 aromatic heterocycles. The third-order valence-corrected chi connectivity index (χ3v) is 3.72. The van der Waals surface area contributed by atoms with Gasteiger partial charge in [0.15, 0.2) is 5.78 Å². The number of Topliss-reactive ketones (excluding diaryl/α,β-unsaturated/α-hetero) is 1. The summed E-state index contributed by atoms with van der Waals surface area (Å²) in [5.74, 6) is 0.127. The number of carbonyl (C=O) groups excluding carboxylic acids is 1. The quantitative estimate of drug-likeness (QED) is 0.768. The van der Waals surface area contributed by atoms with Gasteiger partial charge in [0, 0.05) is 16.6 Å². The zero-order valence-corrected chi connectivity index (χ0v) is 12.5. The Balaban J connectivity index is 2.05. The van der Waals surface area contributed by atoms with E-state index in [1.807, 2.05) is 66.5 Å². The fourth-order valence-corrected chi connectivity index (χ4v) is 2.30. The summed E-state index contributed by atoms with van der Waals surface area (Å²) in [7, 11) is 1.95. The molecule has 1 unspecified atom stereocenters. The minimum absolute atomic E-state index is 0.127. The van der Waals surface area contributed by atoms with Gasteiger partial charge < -0.3 is 0 Å². The van der Waals surface area contributed by atoms with Crippen molar-refractivity contribution < 1.29 is 4.79 Å². The first kappa shape index (κ1) is 14.8. The van der Waals surface area contributed by atoms with Gasteiger partial charge in [-0.25, -0.2) is 0 Å². The Kier molecular flexibility index (Phi) is 4.94. The summed E-state index contributed by atoms with van der Waals surface area (Å²) in [5.41, 5.74) is 1.86. The van der Waals surface area contributed by atoms with Gasteiger partial charge in [-0.1, -0.05) is 54.1 Å². The maximum absolute atomic E-state index is 12.2. The summed E-state index contributed by atoms with van der Waals surface area (Å²) in [6.45, 7) is 2.46. The van der Waals surface area contributed by atoms with Crippen molar-refractivity contribution in [1.82, 2.24) is 4.90 Å². The van der Waals surface area contributed by atoms with Crippen LogP contribution >= 0.6 is 11.6 Å². The molecule has 2 rings (SSSR count). The minimum Gasteiger partial charge on any atom is -0.293 e. The third kappa shape index (κ3) is 3.69. The molecule has 0 fully saturated rings. The number of halogens is 1. The predicted octanol–water partition coefficient (Wildman–Crippen LogP) is 4.22. The van der Waals surface area contributed by atoms with Crippen molar-refractivity contribution in [1.29, 1.82) is 0 Å². The van der Waals surface area contributed by atoms with Crippen molar-refractivity contribution in [2.45, 2.75) is 13.0 Å². The SMILES string of the molecule is CC(c1cccc(Cl)c1)N(C)CC(=O)c1ccccc1. The Morgan fingerprint density at radius 3 is 2.50 bits per heavy atom. The zero-order chi connectivity index (χ0) is 14.5. The van der Waals surface area contributed by atoms with Crippen molar-refractivity contribution in [2.24, 2.45) is 0 Å². The van der Waals surface area contributed by atoms with Gasteiger partial charge in [-0.2, -0.15) is 0 Å². The molecule has 2 nitrogen and oxygen atoms in total. The molecular weight excluding hydrogens is 270 g/mol. The monoisotopic (exact) mass is 287 g/mol. The normalized spacial score (nSPS) is 12.4. The average Bonchev–Trinajstić information content (AvgIpc) is 2.47. The van der Waals surface area contributed by atoms with Gasteiger partial charge in [-0.3, -0.25) is 9.69 Å². The number of hydrogen-bond acceptors (Lipinski definition) is 2. The van der Waals surface area contributed by atoms with E-state index in [-0.39, 0.29) is 11.8 Å². The second-order valence-corrected chi connectivity index (χ2v) is 5.37. The van der Waals surface area contributed by atoms with Crippen LogP contribution in [0.5, 0.6) is 0 Å². The summed E-state index contributed by atoms with van der Waals surface area (Å²) in [5, 5.41) is 0.720. The number of benzene rings is 2. The van der Waals surface area contributed by atoms with Crippen molar-refractivity contribution in [3.63, 3.8) is 0 Å². The van der Waals surface area contributed by atoms with Crippen molar-refractivity contribution in [2.75, 3.05) is 13.6 Å². The Bertz CT molecular complexity index is 583. The second kappa shape index (κ2) is 6.69. The van der Waals surface area contributed by atoms with Crippen LogP contribution < -0.4 is 0 Å². The van der Waals surface area contributed by atoms with E-state index in [2.05, 4.69) is 6.92 Å². The van der Waals surface area contributed by atoms with Gasteiger partial charge in [0.05, 0.1) is 6.54 Å². The number of likely N-dealkylation sites (N-methyl/N-ethyl adjacent to an activating group) is 1. The van der Waals surface area contributed by atoms with Crippen LogP contribution in [0.1, 0.15) is 28.9 Å². The maximum Gasteiger partial charge on any atom is 0.176 e. The van der Waals surface area contributed by atoms with Crippen LogP contribution in [0.25, 0.3) is 0 Å². The Hall–Kier alpha value is -1.64. The summed E-state index contributed by atoms with van der Waals surface area (Å²) >= 11 is 6.01. The van der Waals surface area contributed by atoms with E-state index in [9.17, 15) is 4.79 Å². The van der Waals surface area contributed by atoms with Gasteiger partial charge in [-0.05, 0) is 31.7 Å². The van der Waals surface area contributed by atoms with Gasteiger partial charge in [0.1, 0.15) is 0 Å². The molecule has 0 aliphatic carbocycles. The van der Waals surface area contributed by atoms with Crippen LogP contribution in [0.3, 0.4) is 0 Å². The van der Waals surface area contributed by atoms with Gasteiger partial charge >= 0.3 is 0 Å². The second-order valence-electron chi connectivity index (χ2n) is 4.94. The molecule has 0 radical (unpaired) electrons. The lowest BCUT2D eigenvalue weighted by atomic mass is 10.1. The molecule has 20 heavy (non-hydrogen) atoms. The molecule has 2 aromatic carbocycles. The van der Waals surface area contributed by atoms with E-state index in [1.54, 1.807) is 0 Å². The molecular formula is C17H18ClNO. The lowest BCUT2D eigenvalue weighted by molar-refractivity contribution is 0.0925. The van der Waals surface area contributed by atoms with Crippen LogP contribution in [-0.2, 0) is 0 Å². The molecule has 0 saturated heterocycles. The zero-order valence-electron chi connectivity index (χ0n) is 11.7. The van der Waals surface area contributed by atoms with Crippen LogP contribution in [0.4, 0.5) is 0 Å². The Morgan fingerprint density at radius 2 is 1.85 bits per heavy atom. The number of ketones is 1. The molecule has 3 heteroatoms. The molecule has 0 saturated carbocycles. The van der Waals surface area contributed by atoms with E-state index in [4.69, 9.17) is 11.6 Å². The predicted molar refractivity (Wildman–Crippen MR) is 83.3 cm³/mol. The van der Waals surface area contributed by atoms with E-state index in [0.29, 0.717) is 6.54 Å². The highest BCUT2D eigenvalue weighted by Gasteiger charge is 2.15. The molecule has 0 N–H and O–H groups in total. The smallest absolute Gasteiger partial charge is 0.176 e. The summed E-state index contributed by atoms with van der Waals surface area (Å²) in [4.78, 5) is 14.2. The molecule has 0 spiro atoms. The van der Waals surface area contributed by atoms with E-state index in [1.165, 1.54) is 0 Å². The first-order valence-electron chi connectivity index (χ1n) is 6.62. The van der Waals surface area contributed by atoms with Crippen LogP contribution in [0.15, 0.2) is 54.6 Å². The molecule has 0 amide bonds. The van der Waals surface area contributed by atoms with Gasteiger partial charge in [-0.15, -0.1) is 0 Å². The molecule has 0 aliphatic heterocycles. The molecule has 1 atom stereocenters. The number of carbonyl (C=O) groups is 1. The van der Waals surface area contributed by atoms with Crippen LogP contribution in [0.2, 0.25) is 5.02 Å². The summed E-state index contributed by atoms with van der Waals surface area (Å²) in [6, 6.07) is 17.3. The Morgan fingerprint density at radius 1 is 1.15 bits per heavy atom. The van der Waals surface area contributed by atoms with E-state index >= 15 is 0 Å². The third-order valence-electron chi connectivity index (χ3n) is 3.48. The van der Waals surface area contributed by atoms with E-state index < -0.39 is 0 Å². The van der Waals surface area contributed by atoms with Crippen molar-refractivity contribution in [3.8, 4) is 0 Å². The number of rotatable bonds is 5. The lowest BCUT2D eigenvalue weighted by Gasteiger charge is -2.24. The standard InChI is InChI=1S/C17H18ClNO/c1-13(15-9-6-10-16(18)11-15)19(2)12-17(20)14-7-4-3-5-8-14/h3-11,13H,12H2,1-2H3. The fourth-order valence-electron chi connectivity index (χ4n) is 2.10. The van der Waals surface area contributed by atoms with Crippen LogP contribution in [-0.4, -0.2) is 24.3 Å². The maximum atomic E-state index is 12.2. The molecule has 0 aliphatic rings. The van der Waals surface area contributed by atoms with Crippen molar-refractivity contribution >= 4 is 17.4 Å². The molecule has 2 aromatic rings. The first-order chi connectivity index (χ1) is 9.58. The highest BCUT2D eigenvalue weighted by atomic mass is 35.5. The molecule has 104 valence electrons. The topological polar surface area (TPSA) is 20.3 Å². The first-order valence-corrected chi connectivity index (χ1v) is 6.99. The Labute approximate surface area is 125 Å². The molecule has 0 heterocycles. The highest BCUT2D eigenvalue weighted by molar-refractivity contribution is 6.30. The number of nitrogens with zero attached hydrogens (tertiary/aromatic N) is 1. The minimum atomic E-state index is 0.127. The van der Waals surface area contributed by atoms with Crippen molar-refractivity contribution in [3.05, 3.63) is 70.7 Å². The van der Waals surface area contributed by atoms with E-state index in [0.717, 1.165) is 16.1 Å². The average molecular weight is 288 g/mol. The lowest BCUT2D eigenvalue weighted by Crippen LogP contribution is -2.28. The van der Waals surface area contributed by atoms with Gasteiger partial charge in [0.2, 0.25) is 0 Å². The van der Waals surface area contributed by atoms with Crippen LogP contribution in [0, 0.1) is 0 Å². The fraction of sp³-hybridized carbons (Fsp3) is 0.235. The number of hydrogen-bond donors (Lipinski definition) is 0. The van der Waals surface area contributed by atoms with Gasteiger partial charge in [0.25, 0.3) is 0 Å². The highest BCUT2D eigenvalue weighted by Crippen LogP contribution is 2.22. The summed E-state index contributed by atoms with van der Waals surface area (Å²) < 4.78 is 0. The largest absolute Gasteiger partial charge is 0.293 e. The summed E-state index contributed by atoms with van der Waals surface area (Å²) in [6.07, 6.45) is 0.